The number of para-hydroxylation sites is 1. The minimum atomic E-state index is -0.251. The zero-order chi connectivity index (χ0) is 17.5. The highest BCUT2D eigenvalue weighted by atomic mass is 16.2. The van der Waals surface area contributed by atoms with Crippen LogP contribution in [0.25, 0.3) is 0 Å². The highest BCUT2D eigenvalue weighted by Crippen LogP contribution is 2.28. The molecule has 0 radical (unpaired) electrons. The number of nitrogens with one attached hydrogen (secondary N) is 1. The summed E-state index contributed by atoms with van der Waals surface area (Å²) >= 11 is 0. The van der Waals surface area contributed by atoms with Crippen LogP contribution in [0.2, 0.25) is 0 Å². The molecular weight excluding hydrogens is 302 g/mol. The molecule has 0 saturated carbocycles. The van der Waals surface area contributed by atoms with Gasteiger partial charge in [0.15, 0.2) is 0 Å². The van der Waals surface area contributed by atoms with E-state index in [1.165, 1.54) is 0 Å². The molecule has 1 saturated heterocycles. The molecule has 1 atom stereocenters. The van der Waals surface area contributed by atoms with Gasteiger partial charge in [-0.05, 0) is 31.1 Å². The zero-order valence-corrected chi connectivity index (χ0v) is 15.0. The molecular formula is C19H29N3O2. The van der Waals surface area contributed by atoms with Crippen molar-refractivity contribution in [2.45, 2.75) is 33.6 Å². The molecule has 1 N–H and O–H groups in total. The number of rotatable bonds is 8. The fraction of sp³-hybridized carbons (Fsp3) is 0.579. The molecule has 1 heterocycles. The van der Waals surface area contributed by atoms with E-state index in [0.29, 0.717) is 19.5 Å². The van der Waals surface area contributed by atoms with E-state index < -0.39 is 0 Å². The summed E-state index contributed by atoms with van der Waals surface area (Å²) in [4.78, 5) is 28.8. The Labute approximate surface area is 145 Å². The molecule has 1 aliphatic rings. The Morgan fingerprint density at radius 3 is 2.62 bits per heavy atom. The Balaban J connectivity index is 1.93. The number of carbonyl (C=O) groups excluding carboxylic acids is 2. The number of nitrogens with zero attached hydrogens (tertiary/aromatic N) is 2. The molecule has 24 heavy (non-hydrogen) atoms. The predicted molar refractivity (Wildman–Crippen MR) is 97.1 cm³/mol. The molecule has 132 valence electrons. The van der Waals surface area contributed by atoms with Gasteiger partial charge in [-0.2, -0.15) is 0 Å². The lowest BCUT2D eigenvalue weighted by molar-refractivity contribution is -0.126. The third kappa shape index (κ3) is 4.35. The maximum absolute atomic E-state index is 12.4. The first-order valence-electron chi connectivity index (χ1n) is 8.98. The average Bonchev–Trinajstić information content (AvgIpc) is 3.00. The van der Waals surface area contributed by atoms with Gasteiger partial charge < -0.3 is 15.1 Å². The van der Waals surface area contributed by atoms with E-state index in [9.17, 15) is 9.59 Å². The summed E-state index contributed by atoms with van der Waals surface area (Å²) in [5, 5.41) is 2.99. The van der Waals surface area contributed by atoms with E-state index in [4.69, 9.17) is 0 Å². The monoisotopic (exact) mass is 331 g/mol. The summed E-state index contributed by atoms with van der Waals surface area (Å²) in [6.45, 7) is 10.2. The first-order chi connectivity index (χ1) is 11.6. The number of aryl methyl sites for hydroxylation is 1. The molecule has 0 bridgehead atoms. The molecule has 1 fully saturated rings. The summed E-state index contributed by atoms with van der Waals surface area (Å²) in [5.74, 6) is -0.217. The smallest absolute Gasteiger partial charge is 0.227 e. The summed E-state index contributed by atoms with van der Waals surface area (Å²) < 4.78 is 0. The molecule has 1 aliphatic heterocycles. The third-order valence-corrected chi connectivity index (χ3v) is 4.78. The van der Waals surface area contributed by atoms with Crippen LogP contribution >= 0.6 is 0 Å². The lowest BCUT2D eigenvalue weighted by Gasteiger charge is -2.20. The molecule has 2 amide bonds. The van der Waals surface area contributed by atoms with Gasteiger partial charge in [0.2, 0.25) is 11.8 Å². The molecule has 0 aliphatic carbocycles. The van der Waals surface area contributed by atoms with Crippen molar-refractivity contribution in [2.75, 3.05) is 37.6 Å². The van der Waals surface area contributed by atoms with Gasteiger partial charge in [-0.3, -0.25) is 9.59 Å². The van der Waals surface area contributed by atoms with Crippen LogP contribution in [0.5, 0.6) is 0 Å². The Kier molecular flexibility index (Phi) is 6.79. The standard InChI is InChI=1S/C19H29N3O2/c1-4-15-9-7-8-10-17(15)22-14-16(13-18(22)23)19(24)20-11-12-21(5-2)6-3/h7-10,16H,4-6,11-14H2,1-3H3,(H,20,24). The number of hydrogen-bond donors (Lipinski definition) is 1. The van der Waals surface area contributed by atoms with Crippen molar-refractivity contribution in [1.29, 1.82) is 0 Å². The lowest BCUT2D eigenvalue weighted by atomic mass is 10.1. The highest BCUT2D eigenvalue weighted by molar-refractivity contribution is 6.00. The van der Waals surface area contributed by atoms with Crippen LogP contribution in [-0.2, 0) is 16.0 Å². The first kappa shape index (κ1) is 18.5. The summed E-state index contributed by atoms with van der Waals surface area (Å²) in [5.41, 5.74) is 2.09. The maximum Gasteiger partial charge on any atom is 0.227 e. The molecule has 1 unspecified atom stereocenters. The van der Waals surface area contributed by atoms with Crippen LogP contribution in [-0.4, -0.2) is 49.4 Å². The fourth-order valence-corrected chi connectivity index (χ4v) is 3.21. The second-order valence-corrected chi connectivity index (χ2v) is 6.21. The number of benzene rings is 1. The number of hydrogen-bond acceptors (Lipinski definition) is 3. The van der Waals surface area contributed by atoms with Crippen molar-refractivity contribution in [2.24, 2.45) is 5.92 Å². The molecule has 2 rings (SSSR count). The van der Waals surface area contributed by atoms with Gasteiger partial charge in [0.1, 0.15) is 0 Å². The van der Waals surface area contributed by atoms with Gasteiger partial charge in [-0.15, -0.1) is 0 Å². The maximum atomic E-state index is 12.4. The number of amides is 2. The van der Waals surface area contributed by atoms with Crippen LogP contribution in [0.3, 0.4) is 0 Å². The number of anilines is 1. The summed E-state index contributed by atoms with van der Waals surface area (Å²) in [6.07, 6.45) is 1.18. The van der Waals surface area contributed by atoms with Crippen molar-refractivity contribution in [3.05, 3.63) is 29.8 Å². The van der Waals surface area contributed by atoms with Crippen molar-refractivity contribution in [1.82, 2.24) is 10.2 Å². The SMILES string of the molecule is CCc1ccccc1N1CC(C(=O)NCCN(CC)CC)CC1=O. The van der Waals surface area contributed by atoms with Gasteiger partial charge >= 0.3 is 0 Å². The Hall–Kier alpha value is -1.88. The van der Waals surface area contributed by atoms with Crippen LogP contribution in [0.15, 0.2) is 24.3 Å². The largest absolute Gasteiger partial charge is 0.355 e. The van der Waals surface area contributed by atoms with Crippen molar-refractivity contribution in [3.63, 3.8) is 0 Å². The van der Waals surface area contributed by atoms with E-state index in [0.717, 1.165) is 37.3 Å². The Morgan fingerprint density at radius 1 is 1.25 bits per heavy atom. The molecule has 5 heteroatoms. The van der Waals surface area contributed by atoms with Crippen LogP contribution in [0, 0.1) is 5.92 Å². The summed E-state index contributed by atoms with van der Waals surface area (Å²) in [7, 11) is 0. The average molecular weight is 331 g/mol. The van der Waals surface area contributed by atoms with E-state index in [-0.39, 0.29) is 17.7 Å². The van der Waals surface area contributed by atoms with Gasteiger partial charge in [-0.25, -0.2) is 0 Å². The van der Waals surface area contributed by atoms with Crippen molar-refractivity contribution < 1.29 is 9.59 Å². The van der Waals surface area contributed by atoms with E-state index in [1.54, 1.807) is 4.90 Å². The minimum absolute atomic E-state index is 0.00742. The topological polar surface area (TPSA) is 52.7 Å². The number of likely N-dealkylation sites (N-methyl/N-ethyl adjacent to an activating group) is 1. The van der Waals surface area contributed by atoms with Gasteiger partial charge in [-0.1, -0.05) is 39.0 Å². The summed E-state index contributed by atoms with van der Waals surface area (Å²) in [6, 6.07) is 7.94. The Morgan fingerprint density at radius 2 is 1.96 bits per heavy atom. The van der Waals surface area contributed by atoms with Gasteiger partial charge in [0.05, 0.1) is 5.92 Å². The van der Waals surface area contributed by atoms with Gasteiger partial charge in [0, 0.05) is 31.7 Å². The molecule has 1 aromatic carbocycles. The molecule has 0 spiro atoms. The second kappa shape index (κ2) is 8.83. The van der Waals surface area contributed by atoms with Crippen molar-refractivity contribution in [3.8, 4) is 0 Å². The van der Waals surface area contributed by atoms with E-state index in [2.05, 4.69) is 31.0 Å². The molecule has 0 aromatic heterocycles. The van der Waals surface area contributed by atoms with Crippen molar-refractivity contribution >= 4 is 17.5 Å². The Bertz CT molecular complexity index is 569. The molecule has 5 nitrogen and oxygen atoms in total. The zero-order valence-electron chi connectivity index (χ0n) is 15.0. The normalized spacial score (nSPS) is 17.6. The second-order valence-electron chi connectivity index (χ2n) is 6.21. The van der Waals surface area contributed by atoms with Gasteiger partial charge in [0.25, 0.3) is 0 Å². The van der Waals surface area contributed by atoms with E-state index >= 15 is 0 Å². The molecule has 1 aromatic rings. The van der Waals surface area contributed by atoms with E-state index in [1.807, 2.05) is 24.3 Å². The predicted octanol–water partition coefficient (Wildman–Crippen LogP) is 2.06. The minimum Gasteiger partial charge on any atom is -0.355 e. The van der Waals surface area contributed by atoms with Crippen LogP contribution in [0.1, 0.15) is 32.8 Å². The fourth-order valence-electron chi connectivity index (χ4n) is 3.21. The van der Waals surface area contributed by atoms with Crippen LogP contribution < -0.4 is 10.2 Å². The number of carbonyl (C=O) groups is 2. The highest BCUT2D eigenvalue weighted by Gasteiger charge is 2.35. The van der Waals surface area contributed by atoms with Crippen LogP contribution in [0.4, 0.5) is 5.69 Å². The first-order valence-corrected chi connectivity index (χ1v) is 8.98. The lowest BCUT2D eigenvalue weighted by Crippen LogP contribution is -2.38. The third-order valence-electron chi connectivity index (χ3n) is 4.78. The quantitative estimate of drug-likeness (QED) is 0.793.